The van der Waals surface area contributed by atoms with E-state index < -0.39 is 24.2 Å². The van der Waals surface area contributed by atoms with Gasteiger partial charge in [0, 0.05) is 13.3 Å². The Balaban J connectivity index is 2.83. The van der Waals surface area contributed by atoms with E-state index in [-0.39, 0.29) is 10.3 Å². The predicted octanol–water partition coefficient (Wildman–Crippen LogP) is 2.57. The SMILES string of the molecule is COC(C)(C)C(=O)Nc1nn(CC(F)(F)F)cc1Br. The van der Waals surface area contributed by atoms with Crippen molar-refractivity contribution in [3.8, 4) is 0 Å². The molecule has 0 saturated heterocycles. The highest BCUT2D eigenvalue weighted by Crippen LogP contribution is 2.24. The summed E-state index contributed by atoms with van der Waals surface area (Å²) in [6.07, 6.45) is -3.23. The fourth-order valence-electron chi connectivity index (χ4n) is 1.10. The Morgan fingerprint density at radius 3 is 2.58 bits per heavy atom. The van der Waals surface area contributed by atoms with Crippen LogP contribution in [0.5, 0.6) is 0 Å². The van der Waals surface area contributed by atoms with E-state index in [2.05, 4.69) is 26.3 Å². The van der Waals surface area contributed by atoms with Crippen LogP contribution in [0.25, 0.3) is 0 Å². The van der Waals surface area contributed by atoms with Crippen molar-refractivity contribution in [2.24, 2.45) is 0 Å². The van der Waals surface area contributed by atoms with Gasteiger partial charge in [0.05, 0.1) is 4.47 Å². The number of anilines is 1. The number of carbonyl (C=O) groups excluding carboxylic acids is 1. The summed E-state index contributed by atoms with van der Waals surface area (Å²) in [4.78, 5) is 11.8. The molecule has 0 spiro atoms. The lowest BCUT2D eigenvalue weighted by molar-refractivity contribution is -0.142. The molecule has 5 nitrogen and oxygen atoms in total. The molecule has 0 atom stereocenters. The van der Waals surface area contributed by atoms with Crippen LogP contribution in [-0.2, 0) is 16.1 Å². The summed E-state index contributed by atoms with van der Waals surface area (Å²) < 4.78 is 42.5. The maximum atomic E-state index is 12.2. The molecule has 0 aliphatic carbocycles. The Bertz CT molecular complexity index is 471. The van der Waals surface area contributed by atoms with Gasteiger partial charge < -0.3 is 10.1 Å². The fourth-order valence-corrected chi connectivity index (χ4v) is 1.51. The lowest BCUT2D eigenvalue weighted by Crippen LogP contribution is -2.39. The minimum atomic E-state index is -4.38. The number of rotatable bonds is 4. The highest BCUT2D eigenvalue weighted by atomic mass is 79.9. The number of alkyl halides is 3. The molecule has 1 heterocycles. The Morgan fingerprint density at radius 2 is 2.11 bits per heavy atom. The van der Waals surface area contributed by atoms with Crippen LogP contribution in [0, 0.1) is 0 Å². The number of hydrogen-bond donors (Lipinski definition) is 1. The minimum Gasteiger partial charge on any atom is -0.369 e. The van der Waals surface area contributed by atoms with E-state index in [1.807, 2.05) is 0 Å². The number of amides is 1. The van der Waals surface area contributed by atoms with Crippen LogP contribution in [0.3, 0.4) is 0 Å². The molecule has 108 valence electrons. The summed E-state index contributed by atoms with van der Waals surface area (Å²) in [5.74, 6) is -0.493. The normalized spacial score (nSPS) is 12.6. The summed E-state index contributed by atoms with van der Waals surface area (Å²) >= 11 is 3.04. The summed E-state index contributed by atoms with van der Waals surface area (Å²) in [5.41, 5.74) is -1.10. The average molecular weight is 344 g/mol. The van der Waals surface area contributed by atoms with Gasteiger partial charge in [-0.15, -0.1) is 0 Å². The lowest BCUT2D eigenvalue weighted by Gasteiger charge is -2.20. The van der Waals surface area contributed by atoms with Crippen molar-refractivity contribution in [2.45, 2.75) is 32.2 Å². The molecular weight excluding hydrogens is 331 g/mol. The third kappa shape index (κ3) is 4.50. The zero-order chi connectivity index (χ0) is 14.8. The summed E-state index contributed by atoms with van der Waals surface area (Å²) in [7, 11) is 1.36. The van der Waals surface area contributed by atoms with Gasteiger partial charge in [0.15, 0.2) is 5.82 Å². The van der Waals surface area contributed by atoms with Crippen LogP contribution in [0.2, 0.25) is 0 Å². The molecule has 1 N–H and O–H groups in total. The molecule has 19 heavy (non-hydrogen) atoms. The van der Waals surface area contributed by atoms with E-state index in [0.29, 0.717) is 4.68 Å². The van der Waals surface area contributed by atoms with Gasteiger partial charge in [0.1, 0.15) is 12.1 Å². The van der Waals surface area contributed by atoms with Gasteiger partial charge in [-0.05, 0) is 29.8 Å². The van der Waals surface area contributed by atoms with Crippen LogP contribution in [0.15, 0.2) is 10.7 Å². The number of nitrogens with zero attached hydrogens (tertiary/aromatic N) is 2. The van der Waals surface area contributed by atoms with Crippen LogP contribution < -0.4 is 5.32 Å². The first-order valence-electron chi connectivity index (χ1n) is 5.21. The smallest absolute Gasteiger partial charge is 0.369 e. The quantitative estimate of drug-likeness (QED) is 0.914. The van der Waals surface area contributed by atoms with E-state index in [9.17, 15) is 18.0 Å². The van der Waals surface area contributed by atoms with Gasteiger partial charge in [0.25, 0.3) is 5.91 Å². The zero-order valence-corrected chi connectivity index (χ0v) is 12.1. The summed E-state index contributed by atoms with van der Waals surface area (Å²) in [5, 5.41) is 6.04. The number of halogens is 4. The number of aromatic nitrogens is 2. The van der Waals surface area contributed by atoms with Crippen LogP contribution in [0.4, 0.5) is 19.0 Å². The standard InChI is InChI=1S/C10H13BrF3N3O2/c1-9(2,19-3)8(18)15-7-6(11)4-17(16-7)5-10(12,13)14/h4H,5H2,1-3H3,(H,15,16,18). The van der Waals surface area contributed by atoms with Crippen LogP contribution >= 0.6 is 15.9 Å². The van der Waals surface area contributed by atoms with E-state index in [1.54, 1.807) is 0 Å². The van der Waals surface area contributed by atoms with Gasteiger partial charge >= 0.3 is 6.18 Å². The average Bonchev–Trinajstić information content (AvgIpc) is 2.56. The van der Waals surface area contributed by atoms with Crippen LogP contribution in [0.1, 0.15) is 13.8 Å². The topological polar surface area (TPSA) is 56.1 Å². The Hall–Kier alpha value is -1.09. The second-order valence-electron chi connectivity index (χ2n) is 4.31. The molecule has 0 unspecified atom stereocenters. The van der Waals surface area contributed by atoms with Gasteiger partial charge in [0.2, 0.25) is 0 Å². The number of carbonyl (C=O) groups is 1. The summed E-state index contributed by atoms with van der Waals surface area (Å²) in [6, 6.07) is 0. The van der Waals surface area contributed by atoms with E-state index in [0.717, 1.165) is 6.20 Å². The summed E-state index contributed by atoms with van der Waals surface area (Å²) in [6.45, 7) is 1.83. The molecule has 9 heteroatoms. The third-order valence-corrected chi connectivity index (χ3v) is 2.93. The molecule has 0 saturated carbocycles. The van der Waals surface area contributed by atoms with E-state index in [4.69, 9.17) is 4.74 Å². The van der Waals surface area contributed by atoms with Crippen molar-refractivity contribution in [3.63, 3.8) is 0 Å². The first-order valence-corrected chi connectivity index (χ1v) is 6.01. The van der Waals surface area contributed by atoms with Crippen molar-refractivity contribution < 1.29 is 22.7 Å². The zero-order valence-electron chi connectivity index (χ0n) is 10.5. The molecule has 1 aromatic rings. The number of nitrogens with one attached hydrogen (secondary N) is 1. The molecule has 1 rings (SSSR count). The van der Waals surface area contributed by atoms with Gasteiger partial charge in [-0.25, -0.2) is 0 Å². The molecule has 0 bridgehead atoms. The Labute approximate surface area is 116 Å². The number of ether oxygens (including phenoxy) is 1. The maximum Gasteiger partial charge on any atom is 0.408 e. The van der Waals surface area contributed by atoms with Gasteiger partial charge in [-0.3, -0.25) is 9.48 Å². The highest BCUT2D eigenvalue weighted by Gasteiger charge is 2.31. The van der Waals surface area contributed by atoms with Gasteiger partial charge in [-0.2, -0.15) is 18.3 Å². The Morgan fingerprint density at radius 1 is 1.53 bits per heavy atom. The molecule has 0 fully saturated rings. The molecule has 1 amide bonds. The van der Waals surface area contributed by atoms with Gasteiger partial charge in [-0.1, -0.05) is 0 Å². The first kappa shape index (κ1) is 16.0. The first-order chi connectivity index (χ1) is 8.55. The molecule has 1 aromatic heterocycles. The van der Waals surface area contributed by atoms with Crippen molar-refractivity contribution >= 4 is 27.7 Å². The van der Waals surface area contributed by atoms with Crippen molar-refractivity contribution in [2.75, 3.05) is 12.4 Å². The van der Waals surface area contributed by atoms with Crippen molar-refractivity contribution in [3.05, 3.63) is 10.7 Å². The molecule has 0 aliphatic rings. The fraction of sp³-hybridized carbons (Fsp3) is 0.600. The molecule has 0 aliphatic heterocycles. The second-order valence-corrected chi connectivity index (χ2v) is 5.16. The monoisotopic (exact) mass is 343 g/mol. The molecule has 0 aromatic carbocycles. The highest BCUT2D eigenvalue weighted by molar-refractivity contribution is 9.10. The van der Waals surface area contributed by atoms with Crippen molar-refractivity contribution in [1.29, 1.82) is 0 Å². The largest absolute Gasteiger partial charge is 0.408 e. The number of methoxy groups -OCH3 is 1. The molecule has 0 radical (unpaired) electrons. The third-order valence-electron chi connectivity index (χ3n) is 2.35. The number of hydrogen-bond acceptors (Lipinski definition) is 3. The predicted molar refractivity (Wildman–Crippen MR) is 65.7 cm³/mol. The Kier molecular flexibility index (Phi) is 4.62. The van der Waals surface area contributed by atoms with E-state index >= 15 is 0 Å². The second kappa shape index (κ2) is 5.49. The van der Waals surface area contributed by atoms with E-state index in [1.165, 1.54) is 21.0 Å². The van der Waals surface area contributed by atoms with Crippen LogP contribution in [-0.4, -0.2) is 34.6 Å². The van der Waals surface area contributed by atoms with Crippen molar-refractivity contribution in [1.82, 2.24) is 9.78 Å². The molecular formula is C10H13BrF3N3O2. The maximum absolute atomic E-state index is 12.2. The lowest BCUT2D eigenvalue weighted by atomic mass is 10.1. The minimum absolute atomic E-state index is 0.0133.